The van der Waals surface area contributed by atoms with Gasteiger partial charge in [-0.05, 0) is 48.2 Å². The predicted molar refractivity (Wildman–Crippen MR) is 79.4 cm³/mol. The molecule has 2 rings (SSSR count). The van der Waals surface area contributed by atoms with Crippen molar-refractivity contribution in [3.8, 4) is 11.5 Å². The second-order valence-corrected chi connectivity index (χ2v) is 4.88. The second-order valence-electron chi connectivity index (χ2n) is 4.88. The number of ether oxygens (including phenoxy) is 2. The molecule has 1 N–H and O–H groups in total. The second kappa shape index (κ2) is 7.09. The van der Waals surface area contributed by atoms with Gasteiger partial charge in [0.05, 0.1) is 20.3 Å². The lowest BCUT2D eigenvalue weighted by atomic mass is 10.0. The van der Waals surface area contributed by atoms with Crippen molar-refractivity contribution in [2.24, 2.45) is 0 Å². The number of rotatable bonds is 6. The van der Waals surface area contributed by atoms with Gasteiger partial charge in [0, 0.05) is 0 Å². The van der Waals surface area contributed by atoms with Crippen LogP contribution in [0.1, 0.15) is 11.1 Å². The molecule has 0 aliphatic heterocycles. The minimum atomic E-state index is -0.534. The van der Waals surface area contributed by atoms with Gasteiger partial charge in [-0.3, -0.25) is 0 Å². The number of hydrogen-bond acceptors (Lipinski definition) is 3. The summed E-state index contributed by atoms with van der Waals surface area (Å²) >= 11 is 0. The molecule has 0 aromatic heterocycles. The van der Waals surface area contributed by atoms with Crippen LogP contribution in [0.25, 0.3) is 0 Å². The Morgan fingerprint density at radius 3 is 2.10 bits per heavy atom. The molecule has 1 atom stereocenters. The Morgan fingerprint density at radius 1 is 0.905 bits per heavy atom. The summed E-state index contributed by atoms with van der Waals surface area (Å²) < 4.78 is 23.3. The van der Waals surface area contributed by atoms with Crippen LogP contribution in [0.5, 0.6) is 11.5 Å². The molecule has 1 unspecified atom stereocenters. The number of benzene rings is 2. The number of aliphatic hydroxyl groups is 1. The molecule has 0 heterocycles. The smallest absolute Gasteiger partial charge is 0.160 e. The first-order valence-corrected chi connectivity index (χ1v) is 6.75. The van der Waals surface area contributed by atoms with Crippen LogP contribution in [0.4, 0.5) is 4.39 Å². The van der Waals surface area contributed by atoms with Crippen LogP contribution in [0.15, 0.2) is 42.5 Å². The summed E-state index contributed by atoms with van der Waals surface area (Å²) in [6.45, 7) is 0. The molecule has 0 aliphatic carbocycles. The summed E-state index contributed by atoms with van der Waals surface area (Å²) in [6, 6.07) is 11.7. The maximum absolute atomic E-state index is 12.8. The van der Waals surface area contributed by atoms with Crippen LogP contribution < -0.4 is 9.47 Å². The van der Waals surface area contributed by atoms with Crippen molar-refractivity contribution in [1.82, 2.24) is 0 Å². The summed E-state index contributed by atoms with van der Waals surface area (Å²) in [4.78, 5) is 0. The van der Waals surface area contributed by atoms with E-state index in [0.29, 0.717) is 24.3 Å². The number of aliphatic hydroxyl groups excluding tert-OH is 1. The maximum atomic E-state index is 12.8. The average Bonchev–Trinajstić information content (AvgIpc) is 2.49. The maximum Gasteiger partial charge on any atom is 0.160 e. The van der Waals surface area contributed by atoms with E-state index in [9.17, 15) is 9.50 Å². The van der Waals surface area contributed by atoms with E-state index in [2.05, 4.69) is 0 Å². The van der Waals surface area contributed by atoms with E-state index in [0.717, 1.165) is 11.1 Å². The lowest BCUT2D eigenvalue weighted by molar-refractivity contribution is 0.175. The summed E-state index contributed by atoms with van der Waals surface area (Å²) in [7, 11) is 3.16. The molecule has 0 saturated heterocycles. The van der Waals surface area contributed by atoms with E-state index in [4.69, 9.17) is 9.47 Å². The van der Waals surface area contributed by atoms with Gasteiger partial charge in [0.25, 0.3) is 0 Å². The Hall–Kier alpha value is -2.07. The molecular weight excluding hydrogens is 271 g/mol. The van der Waals surface area contributed by atoms with Gasteiger partial charge in [0.1, 0.15) is 5.82 Å². The van der Waals surface area contributed by atoms with E-state index in [1.807, 2.05) is 18.2 Å². The van der Waals surface area contributed by atoms with Crippen LogP contribution in [-0.4, -0.2) is 25.4 Å². The molecule has 0 saturated carbocycles. The van der Waals surface area contributed by atoms with Gasteiger partial charge < -0.3 is 14.6 Å². The molecule has 112 valence electrons. The van der Waals surface area contributed by atoms with Gasteiger partial charge in [-0.1, -0.05) is 18.2 Å². The standard InChI is InChI=1S/C17H19FO3/c1-20-16-8-5-13(11-17(16)21-2)10-15(19)9-12-3-6-14(18)7-4-12/h3-8,11,15,19H,9-10H2,1-2H3. The normalized spacial score (nSPS) is 12.0. The van der Waals surface area contributed by atoms with E-state index >= 15 is 0 Å². The van der Waals surface area contributed by atoms with E-state index < -0.39 is 6.10 Å². The molecule has 0 radical (unpaired) electrons. The third-order valence-electron chi connectivity index (χ3n) is 3.30. The Morgan fingerprint density at radius 2 is 1.48 bits per heavy atom. The van der Waals surface area contributed by atoms with Crippen molar-refractivity contribution in [2.45, 2.75) is 18.9 Å². The zero-order chi connectivity index (χ0) is 15.2. The van der Waals surface area contributed by atoms with Gasteiger partial charge in [-0.15, -0.1) is 0 Å². The number of methoxy groups -OCH3 is 2. The minimum Gasteiger partial charge on any atom is -0.493 e. The van der Waals surface area contributed by atoms with Gasteiger partial charge in [0.15, 0.2) is 11.5 Å². The molecule has 0 amide bonds. The van der Waals surface area contributed by atoms with Crippen LogP contribution in [-0.2, 0) is 12.8 Å². The van der Waals surface area contributed by atoms with E-state index in [1.165, 1.54) is 12.1 Å². The topological polar surface area (TPSA) is 38.7 Å². The van der Waals surface area contributed by atoms with Crippen molar-refractivity contribution in [2.75, 3.05) is 14.2 Å². The van der Waals surface area contributed by atoms with Crippen molar-refractivity contribution in [1.29, 1.82) is 0 Å². The van der Waals surface area contributed by atoms with Gasteiger partial charge in [-0.25, -0.2) is 4.39 Å². The van der Waals surface area contributed by atoms with Crippen LogP contribution >= 0.6 is 0 Å². The van der Waals surface area contributed by atoms with E-state index in [1.54, 1.807) is 26.4 Å². The zero-order valence-corrected chi connectivity index (χ0v) is 12.2. The van der Waals surface area contributed by atoms with Crippen molar-refractivity contribution < 1.29 is 19.0 Å². The highest BCUT2D eigenvalue weighted by Crippen LogP contribution is 2.28. The average molecular weight is 290 g/mol. The van der Waals surface area contributed by atoms with Crippen molar-refractivity contribution in [3.05, 3.63) is 59.4 Å². The van der Waals surface area contributed by atoms with Gasteiger partial charge >= 0.3 is 0 Å². The molecule has 0 bridgehead atoms. The third kappa shape index (κ3) is 4.20. The molecule has 0 aliphatic rings. The molecule has 0 spiro atoms. The largest absolute Gasteiger partial charge is 0.493 e. The van der Waals surface area contributed by atoms with Crippen LogP contribution in [0.3, 0.4) is 0 Å². The Bertz CT molecular complexity index is 581. The fourth-order valence-corrected chi connectivity index (χ4v) is 2.24. The highest BCUT2D eigenvalue weighted by Gasteiger charge is 2.10. The minimum absolute atomic E-state index is 0.270. The Labute approximate surface area is 124 Å². The third-order valence-corrected chi connectivity index (χ3v) is 3.30. The fourth-order valence-electron chi connectivity index (χ4n) is 2.24. The van der Waals surface area contributed by atoms with Crippen LogP contribution in [0.2, 0.25) is 0 Å². The Kier molecular flexibility index (Phi) is 5.17. The molecule has 0 fully saturated rings. The molecule has 4 heteroatoms. The van der Waals surface area contributed by atoms with Crippen molar-refractivity contribution in [3.63, 3.8) is 0 Å². The van der Waals surface area contributed by atoms with Crippen LogP contribution in [0, 0.1) is 5.82 Å². The summed E-state index contributed by atoms with van der Waals surface area (Å²) in [5.41, 5.74) is 1.87. The molecule has 2 aromatic rings. The summed E-state index contributed by atoms with van der Waals surface area (Å²) in [5, 5.41) is 10.1. The van der Waals surface area contributed by atoms with Crippen molar-refractivity contribution >= 4 is 0 Å². The Balaban J connectivity index is 2.02. The summed E-state index contributed by atoms with van der Waals surface area (Å²) in [6.07, 6.45) is 0.445. The number of halogens is 1. The van der Waals surface area contributed by atoms with E-state index in [-0.39, 0.29) is 5.82 Å². The monoisotopic (exact) mass is 290 g/mol. The molecular formula is C17H19FO3. The molecule has 21 heavy (non-hydrogen) atoms. The van der Waals surface area contributed by atoms with Gasteiger partial charge in [0.2, 0.25) is 0 Å². The lowest BCUT2D eigenvalue weighted by Crippen LogP contribution is -2.14. The summed E-state index contributed by atoms with van der Waals surface area (Å²) in [5.74, 6) is 1.03. The first-order chi connectivity index (χ1) is 10.1. The highest BCUT2D eigenvalue weighted by molar-refractivity contribution is 5.43. The number of hydrogen-bond donors (Lipinski definition) is 1. The molecule has 3 nitrogen and oxygen atoms in total. The predicted octanol–water partition coefficient (Wildman–Crippen LogP) is 2.99. The fraction of sp³-hybridized carbons (Fsp3) is 0.294. The molecule has 2 aromatic carbocycles. The first kappa shape index (κ1) is 15.3. The first-order valence-electron chi connectivity index (χ1n) is 6.75. The van der Waals surface area contributed by atoms with Gasteiger partial charge in [-0.2, -0.15) is 0 Å². The lowest BCUT2D eigenvalue weighted by Gasteiger charge is -2.13. The highest BCUT2D eigenvalue weighted by atomic mass is 19.1. The zero-order valence-electron chi connectivity index (χ0n) is 12.2. The quantitative estimate of drug-likeness (QED) is 0.889. The SMILES string of the molecule is COc1ccc(CC(O)Cc2ccc(F)cc2)cc1OC.